The predicted molar refractivity (Wildman–Crippen MR) is 48.9 cm³/mol. The first-order chi connectivity index (χ1) is 5.88. The van der Waals surface area contributed by atoms with Crippen LogP contribution in [0.2, 0.25) is 0 Å². The highest BCUT2D eigenvalue weighted by atomic mass is 16.3. The van der Waals surface area contributed by atoms with Gasteiger partial charge in [0.05, 0.1) is 0 Å². The van der Waals surface area contributed by atoms with Crippen molar-refractivity contribution in [1.29, 1.82) is 0 Å². The van der Waals surface area contributed by atoms with Crippen LogP contribution in [0.4, 0.5) is 5.69 Å². The zero-order chi connectivity index (χ0) is 8.81. The lowest BCUT2D eigenvalue weighted by Gasteiger charge is -2.06. The van der Waals surface area contributed by atoms with E-state index in [2.05, 4.69) is 10.6 Å². The number of para-hydroxylation sites is 1. The maximum absolute atomic E-state index is 8.50. The molecule has 0 spiro atoms. The molecule has 0 saturated heterocycles. The van der Waals surface area contributed by atoms with Crippen LogP contribution in [-0.2, 0) is 6.54 Å². The van der Waals surface area contributed by atoms with Gasteiger partial charge in [-0.25, -0.2) is 5.32 Å². The lowest BCUT2D eigenvalue weighted by molar-refractivity contribution is 0.255. The van der Waals surface area contributed by atoms with Gasteiger partial charge in [-0.05, 0) is 11.6 Å². The van der Waals surface area contributed by atoms with E-state index < -0.39 is 0 Å². The van der Waals surface area contributed by atoms with Gasteiger partial charge in [0, 0.05) is 19.3 Å². The third-order valence-corrected chi connectivity index (χ3v) is 1.67. The van der Waals surface area contributed by atoms with Crippen LogP contribution in [0, 0.1) is 0 Å². The van der Waals surface area contributed by atoms with E-state index in [4.69, 9.17) is 5.11 Å². The number of anilines is 1. The van der Waals surface area contributed by atoms with Crippen LogP contribution < -0.4 is 10.6 Å². The van der Waals surface area contributed by atoms with Gasteiger partial charge in [-0.15, -0.1) is 0 Å². The summed E-state index contributed by atoms with van der Waals surface area (Å²) in [6.07, 6.45) is 0. The van der Waals surface area contributed by atoms with Crippen LogP contribution in [0.25, 0.3) is 0 Å². The van der Waals surface area contributed by atoms with Crippen LogP contribution in [0.5, 0.6) is 0 Å². The van der Waals surface area contributed by atoms with E-state index in [-0.39, 0.29) is 6.73 Å². The first-order valence-corrected chi connectivity index (χ1v) is 3.88. The van der Waals surface area contributed by atoms with Gasteiger partial charge in [0.25, 0.3) is 0 Å². The van der Waals surface area contributed by atoms with E-state index in [0.717, 1.165) is 11.3 Å². The third-order valence-electron chi connectivity index (χ3n) is 1.67. The highest BCUT2D eigenvalue weighted by Crippen LogP contribution is 2.13. The highest BCUT2D eigenvalue weighted by Gasteiger charge is 1.97. The second kappa shape index (κ2) is 4.74. The number of hydrogen-bond donors (Lipinski definition) is 2. The van der Waals surface area contributed by atoms with Crippen LogP contribution in [-0.4, -0.2) is 18.9 Å². The topological polar surface area (TPSA) is 46.4 Å². The Morgan fingerprint density at radius 1 is 1.42 bits per heavy atom. The molecule has 1 aromatic rings. The molecule has 3 nitrogen and oxygen atoms in total. The van der Waals surface area contributed by atoms with Crippen molar-refractivity contribution in [1.82, 2.24) is 5.32 Å². The van der Waals surface area contributed by atoms with E-state index in [1.165, 1.54) is 0 Å². The smallest absolute Gasteiger partial charge is 0.109 e. The molecule has 0 unspecified atom stereocenters. The van der Waals surface area contributed by atoms with Gasteiger partial charge in [-0.3, -0.25) is 0 Å². The summed E-state index contributed by atoms with van der Waals surface area (Å²) in [6, 6.07) is 7.91. The molecule has 0 aromatic heterocycles. The largest absolute Gasteiger partial charge is 0.388 e. The first-order valence-electron chi connectivity index (χ1n) is 3.88. The Labute approximate surface area is 72.4 Å². The lowest BCUT2D eigenvalue weighted by atomic mass is 10.2. The number of benzene rings is 1. The van der Waals surface area contributed by atoms with Crippen LogP contribution >= 0.6 is 0 Å². The van der Waals surface area contributed by atoms with Crippen molar-refractivity contribution in [2.24, 2.45) is 0 Å². The second-order valence-electron chi connectivity index (χ2n) is 2.43. The Kier molecular flexibility index (Phi) is 3.57. The highest BCUT2D eigenvalue weighted by molar-refractivity contribution is 5.50. The van der Waals surface area contributed by atoms with Crippen molar-refractivity contribution in [3.63, 3.8) is 0 Å². The molecule has 0 bridgehead atoms. The average molecular weight is 165 g/mol. The second-order valence-corrected chi connectivity index (χ2v) is 2.43. The normalized spacial score (nSPS) is 9.83. The van der Waals surface area contributed by atoms with Crippen molar-refractivity contribution in [2.75, 3.05) is 19.1 Å². The first kappa shape index (κ1) is 9.03. The van der Waals surface area contributed by atoms with E-state index in [1.807, 2.05) is 31.3 Å². The monoisotopic (exact) mass is 165 g/mol. The van der Waals surface area contributed by atoms with Gasteiger partial charge >= 0.3 is 0 Å². The minimum absolute atomic E-state index is 0.113. The van der Waals surface area contributed by atoms with Crippen molar-refractivity contribution in [3.05, 3.63) is 29.8 Å². The zero-order valence-corrected chi connectivity index (χ0v) is 7.12. The van der Waals surface area contributed by atoms with Gasteiger partial charge in [0.1, 0.15) is 6.73 Å². The zero-order valence-electron chi connectivity index (χ0n) is 7.12. The SMILES string of the molecule is CNc1ccccc1C[N]CO. The number of aliphatic hydroxyl groups is 1. The lowest BCUT2D eigenvalue weighted by Crippen LogP contribution is -2.07. The van der Waals surface area contributed by atoms with Crippen LogP contribution in [0.15, 0.2) is 24.3 Å². The van der Waals surface area contributed by atoms with E-state index in [1.54, 1.807) is 0 Å². The molecule has 0 heterocycles. The molecule has 1 radical (unpaired) electrons. The van der Waals surface area contributed by atoms with Gasteiger partial charge < -0.3 is 10.4 Å². The minimum atomic E-state index is -0.113. The Morgan fingerprint density at radius 3 is 2.83 bits per heavy atom. The van der Waals surface area contributed by atoms with E-state index in [0.29, 0.717) is 6.54 Å². The molecule has 0 atom stereocenters. The van der Waals surface area contributed by atoms with Crippen LogP contribution in [0.3, 0.4) is 0 Å². The molecule has 12 heavy (non-hydrogen) atoms. The molecule has 0 aliphatic rings. The van der Waals surface area contributed by atoms with Crippen molar-refractivity contribution in [3.8, 4) is 0 Å². The fourth-order valence-electron chi connectivity index (χ4n) is 1.07. The number of nitrogens with one attached hydrogen (secondary N) is 1. The fraction of sp³-hybridized carbons (Fsp3) is 0.333. The Morgan fingerprint density at radius 2 is 2.17 bits per heavy atom. The average Bonchev–Trinajstić information content (AvgIpc) is 2.15. The maximum Gasteiger partial charge on any atom is 0.109 e. The summed E-state index contributed by atoms with van der Waals surface area (Å²) in [4.78, 5) is 0. The molecule has 65 valence electrons. The Hall–Kier alpha value is -1.06. The summed E-state index contributed by atoms with van der Waals surface area (Å²) in [7, 11) is 1.87. The molecule has 3 heteroatoms. The number of rotatable bonds is 4. The molecule has 0 aliphatic carbocycles. The summed E-state index contributed by atoms with van der Waals surface area (Å²) in [6.45, 7) is 0.450. The molecule has 0 amide bonds. The van der Waals surface area contributed by atoms with Crippen LogP contribution in [0.1, 0.15) is 5.56 Å². The fourth-order valence-corrected chi connectivity index (χ4v) is 1.07. The number of hydrogen-bond acceptors (Lipinski definition) is 2. The molecule has 0 aliphatic heterocycles. The van der Waals surface area contributed by atoms with Gasteiger partial charge in [0.15, 0.2) is 0 Å². The molecule has 1 rings (SSSR count). The Balaban J connectivity index is 2.68. The molecule has 1 aromatic carbocycles. The van der Waals surface area contributed by atoms with Crippen molar-refractivity contribution in [2.45, 2.75) is 6.54 Å². The van der Waals surface area contributed by atoms with E-state index >= 15 is 0 Å². The number of aliphatic hydroxyl groups excluding tert-OH is 1. The van der Waals surface area contributed by atoms with E-state index in [9.17, 15) is 0 Å². The van der Waals surface area contributed by atoms with Gasteiger partial charge in [-0.2, -0.15) is 0 Å². The quantitative estimate of drug-likeness (QED) is 0.692. The molecular formula is C9H13N2O. The molecule has 2 N–H and O–H groups in total. The minimum Gasteiger partial charge on any atom is -0.388 e. The molecular weight excluding hydrogens is 152 g/mol. The third kappa shape index (κ3) is 2.22. The summed E-state index contributed by atoms with van der Waals surface area (Å²) in [5.41, 5.74) is 2.17. The van der Waals surface area contributed by atoms with Crippen molar-refractivity contribution < 1.29 is 5.11 Å². The summed E-state index contributed by atoms with van der Waals surface area (Å²) >= 11 is 0. The van der Waals surface area contributed by atoms with Gasteiger partial charge in [-0.1, -0.05) is 18.2 Å². The molecule has 0 fully saturated rings. The number of nitrogens with zero attached hydrogens (tertiary/aromatic N) is 1. The Bertz CT molecular complexity index is 238. The van der Waals surface area contributed by atoms with Gasteiger partial charge in [0.2, 0.25) is 0 Å². The molecule has 0 saturated carbocycles. The summed E-state index contributed by atoms with van der Waals surface area (Å²) in [5, 5.41) is 15.4. The van der Waals surface area contributed by atoms with Crippen molar-refractivity contribution >= 4 is 5.69 Å². The standard InChI is InChI=1S/C9H13N2O/c1-10-9-5-3-2-4-8(9)6-11-7-12/h2-5,10,12H,6-7H2,1H3. The predicted octanol–water partition coefficient (Wildman–Crippen LogP) is 0.782. The summed E-state index contributed by atoms with van der Waals surface area (Å²) < 4.78 is 0. The summed E-state index contributed by atoms with van der Waals surface area (Å²) in [5.74, 6) is 0. The maximum atomic E-state index is 8.50.